The molecule has 1 aromatic rings. The summed E-state index contributed by atoms with van der Waals surface area (Å²) < 4.78 is 64.7. The van der Waals surface area contributed by atoms with E-state index in [-0.39, 0.29) is 12.3 Å². The molecule has 164 valence electrons. The number of anilines is 1. The number of nitrogens with zero attached hydrogens (tertiary/aromatic N) is 3. The van der Waals surface area contributed by atoms with Crippen molar-refractivity contribution in [1.29, 1.82) is 0 Å². The first-order chi connectivity index (χ1) is 13.5. The van der Waals surface area contributed by atoms with Crippen LogP contribution < -0.4 is 27.2 Å². The van der Waals surface area contributed by atoms with Crippen LogP contribution in [-0.2, 0) is 16.2 Å². The number of benzene rings is 1. The van der Waals surface area contributed by atoms with Gasteiger partial charge in [0.05, 0.1) is 11.1 Å². The second kappa shape index (κ2) is 9.13. The molecule has 0 aliphatic carbocycles. The summed E-state index contributed by atoms with van der Waals surface area (Å²) in [6.07, 6.45) is -4.38. The lowest BCUT2D eigenvalue weighted by atomic mass is 10.0. The van der Waals surface area contributed by atoms with Gasteiger partial charge >= 0.3 is 6.18 Å². The summed E-state index contributed by atoms with van der Waals surface area (Å²) in [6.45, 7) is 2.66. The number of alkyl halides is 3. The smallest absolute Gasteiger partial charge is 0.396 e. The number of hydrogen-bond acceptors (Lipinski definition) is 8. The third kappa shape index (κ3) is 5.27. The van der Waals surface area contributed by atoms with Crippen LogP contribution >= 0.6 is 0 Å². The Morgan fingerprint density at radius 3 is 2.31 bits per heavy atom. The highest BCUT2D eigenvalue weighted by atomic mass is 32.2. The molecule has 10 nitrogen and oxygen atoms in total. The van der Waals surface area contributed by atoms with Crippen LogP contribution in [0.25, 0.3) is 0 Å². The number of nitrogens with one attached hydrogen (secondary N) is 1. The van der Waals surface area contributed by atoms with Crippen LogP contribution in [0.1, 0.15) is 17.5 Å². The van der Waals surface area contributed by atoms with E-state index in [1.807, 2.05) is 5.43 Å². The normalized spacial score (nSPS) is 16.9. The first-order valence-corrected chi connectivity index (χ1v) is 10.2. The Hall–Kier alpha value is -2.13. The molecule has 8 N–H and O–H groups in total. The van der Waals surface area contributed by atoms with E-state index in [9.17, 15) is 21.6 Å². The Kier molecular flexibility index (Phi) is 7.29. The van der Waals surface area contributed by atoms with Gasteiger partial charge in [-0.2, -0.15) is 18.3 Å². The highest BCUT2D eigenvalue weighted by Crippen LogP contribution is 2.39. The van der Waals surface area contributed by atoms with E-state index in [1.165, 1.54) is 0 Å². The maximum atomic E-state index is 13.5. The number of sulfonamides is 1. The van der Waals surface area contributed by atoms with Crippen LogP contribution in [0.5, 0.6) is 0 Å². The number of amidine groups is 1. The zero-order chi connectivity index (χ0) is 21.8. The van der Waals surface area contributed by atoms with Crippen molar-refractivity contribution in [3.63, 3.8) is 0 Å². The fraction of sp³-hybridized carbons (Fsp3) is 0.533. The first kappa shape index (κ1) is 23.2. The number of hydrazine groups is 1. The number of hydrazone groups is 1. The van der Waals surface area contributed by atoms with Gasteiger partial charge in [-0.05, 0) is 18.6 Å². The molecule has 1 aliphatic rings. The highest BCUT2D eigenvalue weighted by Gasteiger charge is 2.40. The van der Waals surface area contributed by atoms with Gasteiger partial charge < -0.3 is 21.3 Å². The largest absolute Gasteiger partial charge is 0.417 e. The van der Waals surface area contributed by atoms with Crippen molar-refractivity contribution in [3.8, 4) is 0 Å². The molecule has 14 heteroatoms. The fourth-order valence-corrected chi connectivity index (χ4v) is 4.24. The molecular formula is C15H24F3N7O3S. The van der Waals surface area contributed by atoms with Crippen LogP contribution in [0.4, 0.5) is 18.9 Å². The first-order valence-electron chi connectivity index (χ1n) is 8.64. The van der Waals surface area contributed by atoms with E-state index in [0.29, 0.717) is 45.2 Å². The van der Waals surface area contributed by atoms with Gasteiger partial charge in [0.25, 0.3) is 0 Å². The molecule has 0 bridgehead atoms. The van der Waals surface area contributed by atoms with E-state index in [2.05, 4.69) is 10.0 Å². The van der Waals surface area contributed by atoms with E-state index in [0.717, 1.165) is 6.07 Å². The molecule has 1 heterocycles. The fourth-order valence-electron chi connectivity index (χ4n) is 3.26. The van der Waals surface area contributed by atoms with Crippen LogP contribution in [0.3, 0.4) is 0 Å². The summed E-state index contributed by atoms with van der Waals surface area (Å²) in [5.41, 5.74) is 0.339. The Morgan fingerprint density at radius 1 is 1.24 bits per heavy atom. The number of aliphatic hydroxyl groups is 1. The lowest BCUT2D eigenvalue weighted by molar-refractivity contribution is -0.139. The molecule has 0 spiro atoms. The van der Waals surface area contributed by atoms with E-state index in [1.54, 1.807) is 4.90 Å². The maximum absolute atomic E-state index is 13.5. The van der Waals surface area contributed by atoms with Gasteiger partial charge in [0.2, 0.25) is 10.0 Å². The quantitative estimate of drug-likeness (QED) is 0.162. The summed E-state index contributed by atoms with van der Waals surface area (Å²) in [5, 5.41) is 17.4. The summed E-state index contributed by atoms with van der Waals surface area (Å²) in [6, 6.07) is 1.82. The molecule has 0 unspecified atom stereocenters. The molecule has 2 rings (SSSR count). The van der Waals surface area contributed by atoms with Crippen LogP contribution in [0, 0.1) is 0 Å². The molecule has 1 saturated heterocycles. The lowest BCUT2D eigenvalue weighted by Crippen LogP contribution is -2.48. The van der Waals surface area contributed by atoms with Gasteiger partial charge in [-0.1, -0.05) is 0 Å². The second-order valence-corrected chi connectivity index (χ2v) is 7.91. The van der Waals surface area contributed by atoms with Gasteiger partial charge in [-0.15, -0.1) is 0 Å². The van der Waals surface area contributed by atoms with Gasteiger partial charge in [-0.25, -0.2) is 19.4 Å². The van der Waals surface area contributed by atoms with Crippen molar-refractivity contribution in [2.24, 2.45) is 21.9 Å². The third-order valence-corrected chi connectivity index (χ3v) is 5.57. The Labute approximate surface area is 166 Å². The molecule has 0 radical (unpaired) electrons. The molecule has 0 aromatic heterocycles. The number of nitrogens with two attached hydrogens (primary N) is 3. The number of halogens is 3. The average Bonchev–Trinajstić information content (AvgIpc) is 2.66. The van der Waals surface area contributed by atoms with Crippen molar-refractivity contribution >= 4 is 21.5 Å². The minimum Gasteiger partial charge on any atom is -0.396 e. The predicted octanol–water partition coefficient (Wildman–Crippen LogP) is -1.06. The van der Waals surface area contributed by atoms with Crippen LogP contribution in [0.15, 0.2) is 22.1 Å². The summed E-state index contributed by atoms with van der Waals surface area (Å²) in [7, 11) is -4.81. The number of aliphatic hydroxyl groups excluding tert-OH is 1. The molecule has 1 fully saturated rings. The Bertz CT molecular complexity index is 853. The Balaban J connectivity index is 2.59. The maximum Gasteiger partial charge on any atom is 0.417 e. The monoisotopic (exact) mass is 439 g/mol. The predicted molar refractivity (Wildman–Crippen MR) is 101 cm³/mol. The zero-order valence-electron chi connectivity index (χ0n) is 15.5. The second-order valence-electron chi connectivity index (χ2n) is 6.41. The van der Waals surface area contributed by atoms with Crippen molar-refractivity contribution in [3.05, 3.63) is 23.3 Å². The topological polar surface area (TPSA) is 163 Å². The number of piperazine rings is 1. The van der Waals surface area contributed by atoms with Crippen LogP contribution in [-0.4, -0.2) is 63.6 Å². The molecular weight excluding hydrogens is 415 g/mol. The SMILES string of the molecule is N/N=C(\NN)c1c(N2CCN(CCCO)CC2)ccc(C(F)(F)F)c1S(N)(=O)=O. The minimum atomic E-state index is -4.98. The minimum absolute atomic E-state index is 0.0550. The molecule has 1 aliphatic heterocycles. The zero-order valence-corrected chi connectivity index (χ0v) is 16.3. The molecule has 0 atom stereocenters. The third-order valence-electron chi connectivity index (χ3n) is 4.57. The van der Waals surface area contributed by atoms with Crippen LogP contribution in [0.2, 0.25) is 0 Å². The molecule has 29 heavy (non-hydrogen) atoms. The molecule has 0 saturated carbocycles. The average molecular weight is 439 g/mol. The van der Waals surface area contributed by atoms with E-state index < -0.39 is 38.1 Å². The van der Waals surface area contributed by atoms with Gasteiger partial charge in [-0.3, -0.25) is 4.90 Å². The van der Waals surface area contributed by atoms with Gasteiger partial charge in [0.15, 0.2) is 5.84 Å². The van der Waals surface area contributed by atoms with E-state index >= 15 is 0 Å². The summed E-state index contributed by atoms with van der Waals surface area (Å²) >= 11 is 0. The van der Waals surface area contributed by atoms with Crippen molar-refractivity contribution < 1.29 is 26.7 Å². The number of rotatable bonds is 6. The number of hydrogen-bond donors (Lipinski definition) is 5. The Morgan fingerprint density at radius 2 is 1.86 bits per heavy atom. The van der Waals surface area contributed by atoms with Gasteiger partial charge in [0.1, 0.15) is 4.90 Å². The standard InChI is InChI=1S/C15H24F3N7O3S/c16-15(17,18)10-2-3-11(25-7-5-24(6-8-25)4-1-9-26)12(14(22-19)23-20)13(10)29(21,27)28/h2-3,26H,1,4-9,19-20H2,(H,22,23)(H2,21,27,28). The van der Waals surface area contributed by atoms with E-state index in [4.69, 9.17) is 21.9 Å². The summed E-state index contributed by atoms with van der Waals surface area (Å²) in [4.78, 5) is 2.64. The molecule has 0 amide bonds. The van der Waals surface area contributed by atoms with Crippen molar-refractivity contribution in [2.75, 3.05) is 44.2 Å². The number of primary sulfonamides is 1. The van der Waals surface area contributed by atoms with Crippen molar-refractivity contribution in [1.82, 2.24) is 10.3 Å². The lowest BCUT2D eigenvalue weighted by Gasteiger charge is -2.37. The van der Waals surface area contributed by atoms with Crippen molar-refractivity contribution in [2.45, 2.75) is 17.5 Å². The van der Waals surface area contributed by atoms with Gasteiger partial charge in [0, 0.05) is 45.0 Å². The highest BCUT2D eigenvalue weighted by molar-refractivity contribution is 7.89. The molecule has 1 aromatic carbocycles. The summed E-state index contributed by atoms with van der Waals surface area (Å²) in [5.74, 6) is 10.1.